The third kappa shape index (κ3) is 4.25. The lowest BCUT2D eigenvalue weighted by molar-refractivity contribution is -0.136. The zero-order chi connectivity index (χ0) is 17.7. The summed E-state index contributed by atoms with van der Waals surface area (Å²) in [5.41, 5.74) is 2.14. The fraction of sp³-hybridized carbons (Fsp3) is 0.368. The van der Waals surface area contributed by atoms with Gasteiger partial charge in [-0.1, -0.05) is 44.2 Å². The number of carboxylic acids is 1. The van der Waals surface area contributed by atoms with E-state index in [9.17, 15) is 9.59 Å². The van der Waals surface area contributed by atoms with Gasteiger partial charge < -0.3 is 14.8 Å². The largest absolute Gasteiger partial charge is 0.481 e. The minimum atomic E-state index is -1.03. The van der Waals surface area contributed by atoms with E-state index in [1.54, 1.807) is 6.92 Å². The summed E-state index contributed by atoms with van der Waals surface area (Å²) < 4.78 is 5.22. The Kier molecular flexibility index (Phi) is 5.79. The molecule has 0 spiro atoms. The van der Waals surface area contributed by atoms with Gasteiger partial charge in [0.2, 0.25) is 0 Å². The zero-order valence-corrected chi connectivity index (χ0v) is 14.2. The molecule has 128 valence electrons. The quantitative estimate of drug-likeness (QED) is 0.816. The molecular weight excluding hydrogens is 306 g/mol. The molecule has 0 bridgehead atoms. The second kappa shape index (κ2) is 7.81. The van der Waals surface area contributed by atoms with Crippen LogP contribution in [0.4, 0.5) is 0 Å². The summed E-state index contributed by atoms with van der Waals surface area (Å²) >= 11 is 0. The van der Waals surface area contributed by atoms with Crippen LogP contribution in [0.5, 0.6) is 0 Å². The minimum absolute atomic E-state index is 0.185. The van der Waals surface area contributed by atoms with Crippen LogP contribution in [0.15, 0.2) is 41.0 Å². The number of aryl methyl sites for hydroxylation is 1. The molecule has 5 nitrogen and oxygen atoms in total. The summed E-state index contributed by atoms with van der Waals surface area (Å²) in [4.78, 5) is 23.4. The first-order chi connectivity index (χ1) is 11.4. The Labute approximate surface area is 141 Å². The van der Waals surface area contributed by atoms with Gasteiger partial charge in [-0.2, -0.15) is 0 Å². The van der Waals surface area contributed by atoms with E-state index in [1.807, 2.05) is 18.2 Å². The first kappa shape index (κ1) is 17.8. The Morgan fingerprint density at radius 2 is 1.88 bits per heavy atom. The predicted molar refractivity (Wildman–Crippen MR) is 91.1 cm³/mol. The van der Waals surface area contributed by atoms with Gasteiger partial charge in [-0.15, -0.1) is 0 Å². The highest BCUT2D eigenvalue weighted by atomic mass is 16.4. The first-order valence-electron chi connectivity index (χ1n) is 8.02. The Bertz CT molecular complexity index is 703. The Hall–Kier alpha value is -2.56. The number of carbonyl (C=O) groups excluding carboxylic acids is 1. The summed E-state index contributed by atoms with van der Waals surface area (Å²) in [5, 5.41) is 11.9. The second-order valence-corrected chi connectivity index (χ2v) is 6.26. The van der Waals surface area contributed by atoms with Crippen LogP contribution < -0.4 is 5.32 Å². The van der Waals surface area contributed by atoms with E-state index in [4.69, 9.17) is 9.52 Å². The Morgan fingerprint density at radius 1 is 1.21 bits per heavy atom. The van der Waals surface area contributed by atoms with Crippen molar-refractivity contribution in [3.8, 4) is 0 Å². The van der Waals surface area contributed by atoms with Crippen LogP contribution in [-0.2, 0) is 11.2 Å². The van der Waals surface area contributed by atoms with Gasteiger partial charge in [0.05, 0.1) is 11.8 Å². The van der Waals surface area contributed by atoms with Crippen molar-refractivity contribution in [1.82, 2.24) is 5.32 Å². The third-order valence-electron chi connectivity index (χ3n) is 4.10. The Morgan fingerprint density at radius 3 is 2.46 bits per heavy atom. The standard InChI is InChI=1S/C19H23NO4/c1-12(2)15(14-7-5-4-6-8-14)10-20-19(23)18-13(3)11-24-16(18)9-17(21)22/h4-8,11-12,15H,9-10H2,1-3H3,(H,20,23)(H,21,22). The van der Waals surface area contributed by atoms with Crippen molar-refractivity contribution in [2.24, 2.45) is 5.92 Å². The second-order valence-electron chi connectivity index (χ2n) is 6.26. The predicted octanol–water partition coefficient (Wildman–Crippen LogP) is 3.38. The smallest absolute Gasteiger partial charge is 0.311 e. The molecule has 1 unspecified atom stereocenters. The minimum Gasteiger partial charge on any atom is -0.481 e. The molecule has 1 aromatic carbocycles. The fourth-order valence-electron chi connectivity index (χ4n) is 2.80. The lowest BCUT2D eigenvalue weighted by Crippen LogP contribution is -2.31. The average Bonchev–Trinajstić information content (AvgIpc) is 2.88. The van der Waals surface area contributed by atoms with Crippen molar-refractivity contribution in [3.63, 3.8) is 0 Å². The highest BCUT2D eigenvalue weighted by Crippen LogP contribution is 2.24. The number of benzene rings is 1. The number of carboxylic acid groups (broad SMARTS) is 1. The van der Waals surface area contributed by atoms with Gasteiger partial charge in [0.1, 0.15) is 12.2 Å². The first-order valence-corrected chi connectivity index (χ1v) is 8.02. The van der Waals surface area contributed by atoms with Crippen LogP contribution >= 0.6 is 0 Å². The number of nitrogens with one attached hydrogen (secondary N) is 1. The molecule has 2 N–H and O–H groups in total. The molecule has 1 heterocycles. The number of furan rings is 1. The van der Waals surface area contributed by atoms with Crippen molar-refractivity contribution in [2.45, 2.75) is 33.1 Å². The van der Waals surface area contributed by atoms with Gasteiger partial charge in [-0.05, 0) is 18.4 Å². The molecule has 2 rings (SSSR count). The van der Waals surface area contributed by atoms with Gasteiger partial charge in [0, 0.05) is 18.0 Å². The number of hydrogen-bond acceptors (Lipinski definition) is 3. The van der Waals surface area contributed by atoms with Gasteiger partial charge in [-0.3, -0.25) is 9.59 Å². The van der Waals surface area contributed by atoms with E-state index in [0.717, 1.165) is 0 Å². The summed E-state index contributed by atoms with van der Waals surface area (Å²) in [6.07, 6.45) is 1.12. The molecule has 1 amide bonds. The number of rotatable bonds is 7. The molecule has 0 aliphatic heterocycles. The van der Waals surface area contributed by atoms with E-state index in [1.165, 1.54) is 11.8 Å². The molecule has 0 radical (unpaired) electrons. The summed E-state index contributed by atoms with van der Waals surface area (Å²) in [6.45, 7) is 6.45. The molecule has 1 atom stereocenters. The molecule has 0 saturated heterocycles. The number of hydrogen-bond donors (Lipinski definition) is 2. The van der Waals surface area contributed by atoms with Crippen LogP contribution in [0.3, 0.4) is 0 Å². The van der Waals surface area contributed by atoms with Gasteiger partial charge >= 0.3 is 5.97 Å². The molecule has 24 heavy (non-hydrogen) atoms. The molecule has 1 aromatic heterocycles. The highest BCUT2D eigenvalue weighted by molar-refractivity contribution is 5.97. The van der Waals surface area contributed by atoms with Crippen LogP contribution in [0.1, 0.15) is 47.0 Å². The lowest BCUT2D eigenvalue weighted by Gasteiger charge is -2.22. The van der Waals surface area contributed by atoms with Crippen molar-refractivity contribution < 1.29 is 19.1 Å². The molecule has 2 aromatic rings. The van der Waals surface area contributed by atoms with E-state index < -0.39 is 5.97 Å². The van der Waals surface area contributed by atoms with Crippen molar-refractivity contribution >= 4 is 11.9 Å². The molecule has 5 heteroatoms. The van der Waals surface area contributed by atoms with Crippen molar-refractivity contribution in [1.29, 1.82) is 0 Å². The SMILES string of the molecule is Cc1coc(CC(=O)O)c1C(=O)NCC(c1ccccc1)C(C)C. The van der Waals surface area contributed by atoms with E-state index in [-0.39, 0.29) is 24.0 Å². The van der Waals surface area contributed by atoms with E-state index in [2.05, 4.69) is 31.3 Å². The maximum absolute atomic E-state index is 12.5. The van der Waals surface area contributed by atoms with Crippen LogP contribution in [-0.4, -0.2) is 23.5 Å². The Balaban J connectivity index is 2.12. The topological polar surface area (TPSA) is 79.5 Å². The van der Waals surface area contributed by atoms with Gasteiger partial charge in [-0.25, -0.2) is 0 Å². The molecule has 0 aliphatic rings. The van der Waals surface area contributed by atoms with Crippen LogP contribution in [0.2, 0.25) is 0 Å². The molecule has 0 fully saturated rings. The van der Waals surface area contributed by atoms with Gasteiger partial charge in [0.25, 0.3) is 5.91 Å². The molecule has 0 saturated carbocycles. The zero-order valence-electron chi connectivity index (χ0n) is 14.2. The monoisotopic (exact) mass is 329 g/mol. The normalized spacial score (nSPS) is 12.2. The van der Waals surface area contributed by atoms with Crippen LogP contribution in [0, 0.1) is 12.8 Å². The molecule has 0 aliphatic carbocycles. The maximum atomic E-state index is 12.5. The lowest BCUT2D eigenvalue weighted by atomic mass is 9.88. The number of carbonyl (C=O) groups is 2. The van der Waals surface area contributed by atoms with Crippen LogP contribution in [0.25, 0.3) is 0 Å². The van der Waals surface area contributed by atoms with Crippen molar-refractivity contribution in [3.05, 3.63) is 59.0 Å². The summed E-state index contributed by atoms with van der Waals surface area (Å²) in [5.74, 6) is -0.581. The summed E-state index contributed by atoms with van der Waals surface area (Å²) in [6, 6.07) is 10.0. The molecular formula is C19H23NO4. The average molecular weight is 329 g/mol. The maximum Gasteiger partial charge on any atom is 0.311 e. The van der Waals surface area contributed by atoms with E-state index in [0.29, 0.717) is 23.6 Å². The van der Waals surface area contributed by atoms with Gasteiger partial charge in [0.15, 0.2) is 0 Å². The fourth-order valence-corrected chi connectivity index (χ4v) is 2.80. The summed E-state index contributed by atoms with van der Waals surface area (Å²) in [7, 11) is 0. The number of amides is 1. The third-order valence-corrected chi connectivity index (χ3v) is 4.10. The number of aliphatic carboxylic acids is 1. The van der Waals surface area contributed by atoms with E-state index >= 15 is 0 Å². The van der Waals surface area contributed by atoms with Crippen molar-refractivity contribution in [2.75, 3.05) is 6.54 Å². The highest BCUT2D eigenvalue weighted by Gasteiger charge is 2.22.